The summed E-state index contributed by atoms with van der Waals surface area (Å²) in [7, 11) is 1.54. The van der Waals surface area contributed by atoms with E-state index in [2.05, 4.69) is 0 Å². The van der Waals surface area contributed by atoms with Crippen LogP contribution in [0.4, 0.5) is 0 Å². The molecule has 0 amide bonds. The van der Waals surface area contributed by atoms with Crippen LogP contribution < -0.4 is 9.84 Å². The maximum Gasteiger partial charge on any atom is 0.170 e. The van der Waals surface area contributed by atoms with Crippen LogP contribution in [0.25, 0.3) is 0 Å². The summed E-state index contributed by atoms with van der Waals surface area (Å²) in [6, 6.07) is 14.4. The molecule has 4 nitrogen and oxygen atoms in total. The number of ketones is 1. The fraction of sp³-hybridized carbons (Fsp3) is 0.263. The lowest BCUT2D eigenvalue weighted by molar-refractivity contribution is -0.305. The molecule has 0 aliphatic rings. The van der Waals surface area contributed by atoms with E-state index >= 15 is 0 Å². The van der Waals surface area contributed by atoms with Gasteiger partial charge in [-0.25, -0.2) is 0 Å². The number of hydrogen-bond donors (Lipinski definition) is 0. The molecule has 2 rings (SSSR count). The Morgan fingerprint density at radius 2 is 1.87 bits per heavy atom. The Labute approximate surface area is 135 Å². The summed E-state index contributed by atoms with van der Waals surface area (Å²) < 4.78 is 5.16. The van der Waals surface area contributed by atoms with Crippen molar-refractivity contribution in [3.05, 3.63) is 65.2 Å². The van der Waals surface area contributed by atoms with Crippen molar-refractivity contribution in [2.24, 2.45) is 0 Å². The standard InChI is InChI=1S/C19H20O4/c1-13-6-3-4-9-16(13)17(10-11-18(20)21)19(22)14-7-5-8-15(12-14)23-2/h3-9,12,17H,10-11H2,1-2H3,(H,20,21)/p-1. The van der Waals surface area contributed by atoms with Crippen molar-refractivity contribution >= 4 is 11.8 Å². The van der Waals surface area contributed by atoms with Gasteiger partial charge in [0.1, 0.15) is 5.75 Å². The summed E-state index contributed by atoms with van der Waals surface area (Å²) in [5, 5.41) is 10.8. The van der Waals surface area contributed by atoms with Gasteiger partial charge in [-0.2, -0.15) is 0 Å². The molecule has 0 aliphatic heterocycles. The van der Waals surface area contributed by atoms with Crippen LogP contribution in [0.5, 0.6) is 5.75 Å². The number of benzene rings is 2. The molecule has 0 heterocycles. The Kier molecular flexibility index (Phi) is 5.52. The number of carboxylic acids is 1. The third-order valence-corrected chi connectivity index (χ3v) is 3.87. The van der Waals surface area contributed by atoms with E-state index in [0.29, 0.717) is 11.3 Å². The number of carbonyl (C=O) groups excluding carboxylic acids is 2. The zero-order valence-corrected chi connectivity index (χ0v) is 13.2. The van der Waals surface area contributed by atoms with Gasteiger partial charge >= 0.3 is 0 Å². The Bertz CT molecular complexity index is 706. The van der Waals surface area contributed by atoms with Crippen LogP contribution in [-0.2, 0) is 4.79 Å². The normalized spacial score (nSPS) is 11.7. The van der Waals surface area contributed by atoms with Crippen molar-refractivity contribution in [2.45, 2.75) is 25.7 Å². The average Bonchev–Trinajstić information content (AvgIpc) is 2.56. The minimum atomic E-state index is -1.15. The number of aliphatic carboxylic acids is 1. The second-order valence-electron chi connectivity index (χ2n) is 5.42. The third-order valence-electron chi connectivity index (χ3n) is 3.87. The first-order valence-corrected chi connectivity index (χ1v) is 7.46. The number of hydrogen-bond acceptors (Lipinski definition) is 4. The van der Waals surface area contributed by atoms with Gasteiger partial charge in [0.2, 0.25) is 0 Å². The van der Waals surface area contributed by atoms with Gasteiger partial charge in [-0.05, 0) is 43.0 Å². The summed E-state index contributed by atoms with van der Waals surface area (Å²) in [6.07, 6.45) is 0.0535. The quantitative estimate of drug-likeness (QED) is 0.737. The second kappa shape index (κ2) is 7.58. The maximum absolute atomic E-state index is 12.9. The number of carboxylic acid groups (broad SMARTS) is 1. The molecular weight excluding hydrogens is 292 g/mol. The van der Waals surface area contributed by atoms with Crippen LogP contribution in [-0.4, -0.2) is 18.9 Å². The number of ether oxygens (including phenoxy) is 1. The van der Waals surface area contributed by atoms with Gasteiger partial charge in [-0.15, -0.1) is 0 Å². The molecule has 0 saturated carbocycles. The Morgan fingerprint density at radius 3 is 2.52 bits per heavy atom. The predicted octanol–water partition coefficient (Wildman–Crippen LogP) is 2.50. The fourth-order valence-corrected chi connectivity index (χ4v) is 2.65. The van der Waals surface area contributed by atoms with Gasteiger partial charge in [0, 0.05) is 17.5 Å². The Morgan fingerprint density at radius 1 is 1.13 bits per heavy atom. The van der Waals surface area contributed by atoms with Crippen LogP contribution in [0, 0.1) is 6.92 Å². The van der Waals surface area contributed by atoms with Crippen molar-refractivity contribution < 1.29 is 19.4 Å². The van der Waals surface area contributed by atoms with Gasteiger partial charge < -0.3 is 14.6 Å². The second-order valence-corrected chi connectivity index (χ2v) is 5.42. The van der Waals surface area contributed by atoms with Crippen LogP contribution in [0.2, 0.25) is 0 Å². The number of rotatable bonds is 7. The maximum atomic E-state index is 12.9. The monoisotopic (exact) mass is 311 g/mol. The minimum Gasteiger partial charge on any atom is -0.550 e. The number of methoxy groups -OCH3 is 1. The van der Waals surface area contributed by atoms with Gasteiger partial charge in [0.15, 0.2) is 5.78 Å². The van der Waals surface area contributed by atoms with E-state index in [1.165, 1.54) is 0 Å². The highest BCUT2D eigenvalue weighted by Crippen LogP contribution is 2.29. The van der Waals surface area contributed by atoms with E-state index in [4.69, 9.17) is 4.74 Å². The van der Waals surface area contributed by atoms with Crippen molar-refractivity contribution in [3.8, 4) is 5.75 Å². The SMILES string of the molecule is COc1cccc(C(=O)C(CCC(=O)[O-])c2ccccc2C)c1. The zero-order chi connectivity index (χ0) is 16.8. The lowest BCUT2D eigenvalue weighted by Gasteiger charge is -2.19. The lowest BCUT2D eigenvalue weighted by atomic mass is 9.85. The van der Waals surface area contributed by atoms with Crippen LogP contribution >= 0.6 is 0 Å². The first kappa shape index (κ1) is 16.7. The number of Topliss-reactive ketones (excluding diaryl/α,β-unsaturated/α-hetero) is 1. The van der Waals surface area contributed by atoms with Crippen LogP contribution in [0.3, 0.4) is 0 Å². The highest BCUT2D eigenvalue weighted by molar-refractivity contribution is 6.01. The van der Waals surface area contributed by atoms with E-state index < -0.39 is 11.9 Å². The van der Waals surface area contributed by atoms with Crippen LogP contribution in [0.15, 0.2) is 48.5 Å². The number of carbonyl (C=O) groups is 2. The molecule has 0 fully saturated rings. The largest absolute Gasteiger partial charge is 0.550 e. The first-order chi connectivity index (χ1) is 11.0. The molecule has 2 aromatic rings. The van der Waals surface area contributed by atoms with E-state index in [1.54, 1.807) is 31.4 Å². The van der Waals surface area contributed by atoms with Crippen molar-refractivity contribution in [1.29, 1.82) is 0 Å². The minimum absolute atomic E-state index is 0.112. The molecule has 1 unspecified atom stereocenters. The van der Waals surface area contributed by atoms with Gasteiger partial charge in [-0.1, -0.05) is 36.4 Å². The summed E-state index contributed by atoms with van der Waals surface area (Å²) in [5.74, 6) is -1.18. The van der Waals surface area contributed by atoms with E-state index in [0.717, 1.165) is 11.1 Å². The molecular formula is C19H19O4-. The molecule has 0 radical (unpaired) electrons. The summed E-state index contributed by atoms with van der Waals surface area (Å²) in [6.45, 7) is 1.92. The molecule has 0 aromatic heterocycles. The average molecular weight is 311 g/mol. The molecule has 1 atom stereocenters. The molecule has 0 saturated heterocycles. The molecule has 0 bridgehead atoms. The number of aryl methyl sites for hydroxylation is 1. The highest BCUT2D eigenvalue weighted by Gasteiger charge is 2.23. The van der Waals surface area contributed by atoms with Gasteiger partial charge in [-0.3, -0.25) is 4.79 Å². The van der Waals surface area contributed by atoms with Crippen molar-refractivity contribution in [2.75, 3.05) is 7.11 Å². The molecule has 0 spiro atoms. The molecule has 0 aliphatic carbocycles. The third kappa shape index (κ3) is 4.19. The molecule has 0 N–H and O–H groups in total. The topological polar surface area (TPSA) is 66.4 Å². The van der Waals surface area contributed by atoms with E-state index in [9.17, 15) is 14.7 Å². The summed E-state index contributed by atoms with van der Waals surface area (Å²) in [4.78, 5) is 23.7. The zero-order valence-electron chi connectivity index (χ0n) is 13.2. The Hall–Kier alpha value is -2.62. The molecule has 2 aromatic carbocycles. The lowest BCUT2D eigenvalue weighted by Crippen LogP contribution is -2.24. The molecule has 120 valence electrons. The summed E-state index contributed by atoms with van der Waals surface area (Å²) >= 11 is 0. The van der Waals surface area contributed by atoms with Crippen molar-refractivity contribution in [3.63, 3.8) is 0 Å². The van der Waals surface area contributed by atoms with E-state index in [1.807, 2.05) is 31.2 Å². The van der Waals surface area contributed by atoms with E-state index in [-0.39, 0.29) is 18.6 Å². The fourth-order valence-electron chi connectivity index (χ4n) is 2.65. The van der Waals surface area contributed by atoms with Crippen LogP contribution in [0.1, 0.15) is 40.2 Å². The Balaban J connectivity index is 2.38. The van der Waals surface area contributed by atoms with Gasteiger partial charge in [0.05, 0.1) is 7.11 Å². The van der Waals surface area contributed by atoms with Gasteiger partial charge in [0.25, 0.3) is 0 Å². The smallest absolute Gasteiger partial charge is 0.170 e. The predicted molar refractivity (Wildman–Crippen MR) is 85.5 cm³/mol. The van der Waals surface area contributed by atoms with Crippen molar-refractivity contribution in [1.82, 2.24) is 0 Å². The summed E-state index contributed by atoms with van der Waals surface area (Å²) in [5.41, 5.74) is 2.32. The highest BCUT2D eigenvalue weighted by atomic mass is 16.5. The molecule has 4 heteroatoms. The first-order valence-electron chi connectivity index (χ1n) is 7.46. The molecule has 23 heavy (non-hydrogen) atoms.